The number of amides is 1. The minimum absolute atomic E-state index is 0.103. The number of fused-ring (bicyclic) bond motifs is 3. The molecule has 0 aliphatic heterocycles. The van der Waals surface area contributed by atoms with Crippen molar-refractivity contribution in [2.75, 3.05) is 0 Å². The van der Waals surface area contributed by atoms with Crippen molar-refractivity contribution in [1.82, 2.24) is 10.0 Å². The van der Waals surface area contributed by atoms with Crippen LogP contribution in [0.2, 0.25) is 10.0 Å². The molecule has 146 valence electrons. The van der Waals surface area contributed by atoms with Gasteiger partial charge in [-0.2, -0.15) is 0 Å². The Morgan fingerprint density at radius 3 is 2.59 bits per heavy atom. The molecule has 1 heterocycles. The van der Waals surface area contributed by atoms with Gasteiger partial charge in [0.2, 0.25) is 5.91 Å². The molecule has 1 amide bonds. The van der Waals surface area contributed by atoms with E-state index in [0.717, 1.165) is 41.4 Å². The summed E-state index contributed by atoms with van der Waals surface area (Å²) >= 11 is 13.0. The summed E-state index contributed by atoms with van der Waals surface area (Å²) in [6.45, 7) is 4.91. The lowest BCUT2D eigenvalue weighted by atomic mass is 9.75. The van der Waals surface area contributed by atoms with Gasteiger partial charge < -0.3 is 4.57 Å². The second-order valence-corrected chi connectivity index (χ2v) is 8.83. The first kappa shape index (κ1) is 20.2. The zero-order chi connectivity index (χ0) is 19.8. The van der Waals surface area contributed by atoms with E-state index in [9.17, 15) is 9.59 Å². The van der Waals surface area contributed by atoms with E-state index in [1.165, 1.54) is 0 Å². The van der Waals surface area contributed by atoms with Crippen molar-refractivity contribution in [2.24, 2.45) is 5.41 Å². The monoisotopic (exact) mass is 410 g/mol. The fourth-order valence-corrected chi connectivity index (χ4v) is 4.52. The number of hydroxylamine groups is 1. The fraction of sp³-hybridized carbons (Fsp3) is 0.500. The summed E-state index contributed by atoms with van der Waals surface area (Å²) < 4.78 is 2.14. The van der Waals surface area contributed by atoms with Crippen LogP contribution in [0.3, 0.4) is 0 Å². The third-order valence-electron chi connectivity index (χ3n) is 5.19. The van der Waals surface area contributed by atoms with E-state index >= 15 is 0 Å². The maximum atomic E-state index is 12.9. The highest BCUT2D eigenvalue weighted by atomic mass is 35.5. The Bertz CT molecular complexity index is 902. The first-order chi connectivity index (χ1) is 12.7. The molecule has 5 nitrogen and oxygen atoms in total. The smallest absolute Gasteiger partial charge is 0.243 e. The predicted molar refractivity (Wildman–Crippen MR) is 107 cm³/mol. The molecule has 3 rings (SSSR count). The SMILES string of the molecule is CC1(C)CC(=O)c2c(n(CCCCCC(=O)NO)c3c(Cl)ccc(Cl)c23)C1. The van der Waals surface area contributed by atoms with Crippen LogP contribution >= 0.6 is 23.2 Å². The maximum Gasteiger partial charge on any atom is 0.243 e. The molecule has 0 atom stereocenters. The molecule has 0 radical (unpaired) electrons. The number of unbranched alkanes of at least 4 members (excludes halogenated alkanes) is 2. The number of carbonyl (C=O) groups is 2. The van der Waals surface area contributed by atoms with Gasteiger partial charge in [0.05, 0.1) is 15.6 Å². The number of Topliss-reactive ketones (excluding diaryl/α,β-unsaturated/α-hetero) is 1. The molecule has 0 spiro atoms. The van der Waals surface area contributed by atoms with Gasteiger partial charge in [0.15, 0.2) is 5.78 Å². The molecule has 27 heavy (non-hydrogen) atoms. The zero-order valence-electron chi connectivity index (χ0n) is 15.6. The Hall–Kier alpha value is -1.56. The quantitative estimate of drug-likeness (QED) is 0.391. The number of halogens is 2. The Labute approximate surface area is 168 Å². The van der Waals surface area contributed by atoms with Crippen molar-refractivity contribution in [3.63, 3.8) is 0 Å². The van der Waals surface area contributed by atoms with Gasteiger partial charge >= 0.3 is 0 Å². The van der Waals surface area contributed by atoms with Crippen molar-refractivity contribution in [3.05, 3.63) is 33.4 Å². The second-order valence-electron chi connectivity index (χ2n) is 8.01. The summed E-state index contributed by atoms with van der Waals surface area (Å²) in [6, 6.07) is 3.52. The lowest BCUT2D eigenvalue weighted by Gasteiger charge is -2.30. The van der Waals surface area contributed by atoms with Crippen molar-refractivity contribution in [3.8, 4) is 0 Å². The predicted octanol–water partition coefficient (Wildman–Crippen LogP) is 5.17. The van der Waals surface area contributed by atoms with Crippen molar-refractivity contribution in [1.29, 1.82) is 0 Å². The van der Waals surface area contributed by atoms with Crippen LogP contribution < -0.4 is 5.48 Å². The van der Waals surface area contributed by atoms with Crippen LogP contribution in [-0.2, 0) is 17.8 Å². The topological polar surface area (TPSA) is 71.3 Å². The second kappa shape index (κ2) is 7.82. The number of benzene rings is 1. The third-order valence-corrected chi connectivity index (χ3v) is 5.81. The Kier molecular flexibility index (Phi) is 5.84. The van der Waals surface area contributed by atoms with Gasteiger partial charge in [-0.05, 0) is 36.8 Å². The summed E-state index contributed by atoms with van der Waals surface area (Å²) in [5.74, 6) is -0.255. The number of aromatic nitrogens is 1. The molecule has 0 saturated heterocycles. The Morgan fingerprint density at radius 1 is 1.19 bits per heavy atom. The highest BCUT2D eigenvalue weighted by Gasteiger charge is 2.36. The van der Waals surface area contributed by atoms with E-state index in [1.807, 2.05) is 0 Å². The van der Waals surface area contributed by atoms with Crippen LogP contribution in [0.5, 0.6) is 0 Å². The van der Waals surface area contributed by atoms with E-state index in [2.05, 4.69) is 18.4 Å². The van der Waals surface area contributed by atoms with E-state index in [1.54, 1.807) is 17.6 Å². The number of nitrogens with one attached hydrogen (secondary N) is 1. The van der Waals surface area contributed by atoms with E-state index in [4.69, 9.17) is 28.4 Å². The van der Waals surface area contributed by atoms with Crippen molar-refractivity contribution >= 4 is 45.8 Å². The van der Waals surface area contributed by atoms with Gasteiger partial charge in [0, 0.05) is 36.0 Å². The Morgan fingerprint density at radius 2 is 1.89 bits per heavy atom. The van der Waals surface area contributed by atoms with Gasteiger partial charge in [0.25, 0.3) is 0 Å². The lowest BCUT2D eigenvalue weighted by molar-refractivity contribution is -0.129. The normalized spacial score (nSPS) is 15.8. The van der Waals surface area contributed by atoms with Crippen LogP contribution in [0.1, 0.15) is 62.0 Å². The van der Waals surface area contributed by atoms with Crippen LogP contribution in [-0.4, -0.2) is 21.5 Å². The molecule has 1 aliphatic carbocycles. The van der Waals surface area contributed by atoms with Crippen LogP contribution in [0.4, 0.5) is 0 Å². The molecule has 0 saturated carbocycles. The fourth-order valence-electron chi connectivity index (χ4n) is 4.01. The highest BCUT2D eigenvalue weighted by molar-refractivity contribution is 6.41. The van der Waals surface area contributed by atoms with Crippen molar-refractivity contribution < 1.29 is 14.8 Å². The number of hydrogen-bond acceptors (Lipinski definition) is 3. The molecule has 0 bridgehead atoms. The number of rotatable bonds is 6. The lowest BCUT2D eigenvalue weighted by Crippen LogP contribution is -2.28. The van der Waals surface area contributed by atoms with Crippen LogP contribution in [0, 0.1) is 5.41 Å². The third kappa shape index (κ3) is 4.00. The molecular formula is C20H24Cl2N2O3. The minimum Gasteiger partial charge on any atom is -0.343 e. The van der Waals surface area contributed by atoms with Crippen LogP contribution in [0.15, 0.2) is 12.1 Å². The van der Waals surface area contributed by atoms with Gasteiger partial charge in [-0.25, -0.2) is 5.48 Å². The summed E-state index contributed by atoms with van der Waals surface area (Å²) in [7, 11) is 0. The highest BCUT2D eigenvalue weighted by Crippen LogP contribution is 2.44. The Balaban J connectivity index is 1.95. The first-order valence-corrected chi connectivity index (χ1v) is 9.96. The number of carbonyl (C=O) groups excluding carboxylic acids is 2. The largest absolute Gasteiger partial charge is 0.343 e. The molecule has 0 fully saturated rings. The maximum absolute atomic E-state index is 12.9. The van der Waals surface area contributed by atoms with E-state index < -0.39 is 0 Å². The molecular weight excluding hydrogens is 387 g/mol. The number of ketones is 1. The molecule has 2 N–H and O–H groups in total. The number of aryl methyl sites for hydroxylation is 1. The molecule has 7 heteroatoms. The van der Waals surface area contributed by atoms with Gasteiger partial charge in [-0.15, -0.1) is 0 Å². The average molecular weight is 411 g/mol. The summed E-state index contributed by atoms with van der Waals surface area (Å²) in [6.07, 6.45) is 3.94. The summed E-state index contributed by atoms with van der Waals surface area (Å²) in [5.41, 5.74) is 4.10. The van der Waals surface area contributed by atoms with Gasteiger partial charge in [-0.3, -0.25) is 14.8 Å². The molecule has 1 aromatic carbocycles. The number of nitrogens with zero attached hydrogens (tertiary/aromatic N) is 1. The van der Waals surface area contributed by atoms with Gasteiger partial charge in [-0.1, -0.05) is 43.5 Å². The zero-order valence-corrected chi connectivity index (χ0v) is 17.1. The van der Waals surface area contributed by atoms with E-state index in [0.29, 0.717) is 35.9 Å². The molecule has 2 aromatic rings. The average Bonchev–Trinajstić information content (AvgIpc) is 2.92. The summed E-state index contributed by atoms with van der Waals surface area (Å²) in [4.78, 5) is 24.0. The summed E-state index contributed by atoms with van der Waals surface area (Å²) in [5, 5.41) is 10.5. The molecule has 1 aliphatic rings. The van der Waals surface area contributed by atoms with Gasteiger partial charge in [0.1, 0.15) is 0 Å². The molecule has 1 aromatic heterocycles. The number of hydrogen-bond donors (Lipinski definition) is 2. The van der Waals surface area contributed by atoms with E-state index in [-0.39, 0.29) is 17.1 Å². The van der Waals surface area contributed by atoms with Crippen LogP contribution in [0.25, 0.3) is 10.9 Å². The standard InChI is InChI=1S/C20H24Cl2N2O3/c1-20(2)10-14-18(15(25)11-20)17-12(21)7-8-13(22)19(17)24(14)9-5-3-4-6-16(26)23-27/h7-8,27H,3-6,9-11H2,1-2H3,(H,23,26). The molecule has 0 unspecified atom stereocenters. The minimum atomic E-state index is -0.374. The first-order valence-electron chi connectivity index (χ1n) is 9.20. The van der Waals surface area contributed by atoms with Crippen molar-refractivity contribution in [2.45, 2.75) is 58.9 Å².